The van der Waals surface area contributed by atoms with E-state index in [0.29, 0.717) is 0 Å². The maximum atomic E-state index is 11.5. The summed E-state index contributed by atoms with van der Waals surface area (Å²) in [7, 11) is 0. The van der Waals surface area contributed by atoms with Gasteiger partial charge in [-0.05, 0) is 31.6 Å². The van der Waals surface area contributed by atoms with Gasteiger partial charge in [0, 0.05) is 11.9 Å². The van der Waals surface area contributed by atoms with Crippen molar-refractivity contribution in [2.75, 3.05) is 0 Å². The van der Waals surface area contributed by atoms with E-state index in [0.717, 1.165) is 51.4 Å². The van der Waals surface area contributed by atoms with Gasteiger partial charge in [-0.1, -0.05) is 187 Å². The Morgan fingerprint density at radius 3 is 0.902 bits per heavy atom. The predicted octanol–water partition coefficient (Wildman–Crippen LogP) is 9.22. The number of carboxylic acid groups (broad SMARTS) is 2. The van der Waals surface area contributed by atoms with Gasteiger partial charge in [0.05, 0.1) is 0 Å². The summed E-state index contributed by atoms with van der Waals surface area (Å²) in [6, 6.07) is 0. The van der Waals surface area contributed by atoms with Gasteiger partial charge in [-0.2, -0.15) is 0 Å². The van der Waals surface area contributed by atoms with Gasteiger partial charge in [-0.25, -0.2) is 0 Å². The van der Waals surface area contributed by atoms with Gasteiger partial charge < -0.3 is 19.8 Å². The van der Waals surface area contributed by atoms with Gasteiger partial charge in [0.25, 0.3) is 0 Å². The number of carbonyl (C=O) groups is 2. The molecule has 0 amide bonds. The van der Waals surface area contributed by atoms with Crippen molar-refractivity contribution in [2.45, 2.75) is 212 Å². The van der Waals surface area contributed by atoms with E-state index in [2.05, 4.69) is 6.92 Å². The monoisotopic (exact) mass is 588 g/mol. The van der Waals surface area contributed by atoms with Crippen molar-refractivity contribution in [2.24, 2.45) is 5.92 Å². The predicted molar refractivity (Wildman–Crippen MR) is 173 cm³/mol. The first-order valence-electron chi connectivity index (χ1n) is 18.0. The summed E-state index contributed by atoms with van der Waals surface area (Å²) in [5.41, 5.74) is 0. The third-order valence-corrected chi connectivity index (χ3v) is 8.67. The van der Waals surface area contributed by atoms with E-state index >= 15 is 0 Å². The van der Waals surface area contributed by atoms with Gasteiger partial charge in [0.1, 0.15) is 0 Å². The molecule has 5 heteroatoms. The van der Waals surface area contributed by atoms with Crippen molar-refractivity contribution in [3.8, 4) is 0 Å². The zero-order valence-electron chi connectivity index (χ0n) is 27.5. The minimum absolute atomic E-state index is 0. The molecule has 41 heavy (non-hydrogen) atoms. The first-order chi connectivity index (χ1) is 19.6. The number of carbonyl (C=O) groups excluding carboxylic acids is 2. The number of carboxylic acids is 2. The molecule has 0 aliphatic carbocycles. The van der Waals surface area contributed by atoms with Crippen LogP contribution < -0.4 is 10.2 Å². The molecule has 238 valence electrons. The Bertz CT molecular complexity index is 540. The third-order valence-electron chi connectivity index (χ3n) is 8.67. The van der Waals surface area contributed by atoms with E-state index in [1.165, 1.54) is 148 Å². The molecule has 0 aliphatic rings. The second-order valence-electron chi connectivity index (χ2n) is 12.6. The van der Waals surface area contributed by atoms with Crippen LogP contribution >= 0.6 is 0 Å². The van der Waals surface area contributed by atoms with Crippen molar-refractivity contribution >= 4 is 35.0 Å². The van der Waals surface area contributed by atoms with Gasteiger partial charge >= 0.3 is 23.1 Å². The summed E-state index contributed by atoms with van der Waals surface area (Å²) in [4.78, 5) is 21.9. The van der Waals surface area contributed by atoms with Crippen LogP contribution in [-0.4, -0.2) is 35.0 Å². The zero-order chi connectivity index (χ0) is 29.4. The van der Waals surface area contributed by atoms with Gasteiger partial charge in [-0.15, -0.1) is 0 Å². The van der Waals surface area contributed by atoms with Crippen LogP contribution in [-0.2, 0) is 9.59 Å². The Kier molecular flexibility index (Phi) is 37.5. The van der Waals surface area contributed by atoms with E-state index < -0.39 is 11.9 Å². The van der Waals surface area contributed by atoms with Crippen LogP contribution in [0.5, 0.6) is 0 Å². The molecule has 0 rings (SSSR count). The molecule has 0 aromatic carbocycles. The summed E-state index contributed by atoms with van der Waals surface area (Å²) < 4.78 is 0. The quantitative estimate of drug-likeness (QED) is 0.0554. The Hall–Kier alpha value is -0.294. The van der Waals surface area contributed by atoms with Crippen molar-refractivity contribution < 1.29 is 19.8 Å². The Morgan fingerprint density at radius 2 is 0.659 bits per heavy atom. The second kappa shape index (κ2) is 35.9. The molecule has 0 aromatic heterocycles. The van der Waals surface area contributed by atoms with Gasteiger partial charge in [0.2, 0.25) is 0 Å². The Morgan fingerprint density at radius 1 is 0.415 bits per heavy atom. The van der Waals surface area contributed by atoms with Crippen LogP contribution in [0.1, 0.15) is 212 Å². The molecule has 0 aliphatic heterocycles. The van der Waals surface area contributed by atoms with Gasteiger partial charge in [-0.3, -0.25) is 0 Å². The van der Waals surface area contributed by atoms with E-state index in [1.54, 1.807) is 0 Å². The smallest absolute Gasteiger partial charge is 0.550 e. The van der Waals surface area contributed by atoms with Crippen molar-refractivity contribution in [1.82, 2.24) is 0 Å². The molecule has 0 N–H and O–H groups in total. The summed E-state index contributed by atoms with van der Waals surface area (Å²) >= 11 is 0. The SMILES string of the molecule is CCCCCCCCCCCCCCCCC(CCCCCCCCCCCCCCCCCC(=O)[O-])C(=O)[O-].[Mg+2]. The van der Waals surface area contributed by atoms with Crippen LogP contribution in [0.15, 0.2) is 0 Å². The van der Waals surface area contributed by atoms with Crippen molar-refractivity contribution in [3.63, 3.8) is 0 Å². The van der Waals surface area contributed by atoms with Crippen LogP contribution in [0.3, 0.4) is 0 Å². The largest absolute Gasteiger partial charge is 2.00 e. The van der Waals surface area contributed by atoms with E-state index in [4.69, 9.17) is 0 Å². The molecule has 0 heterocycles. The Balaban J connectivity index is 0. The first-order valence-corrected chi connectivity index (χ1v) is 18.0. The van der Waals surface area contributed by atoms with E-state index in [9.17, 15) is 19.8 Å². The Labute approximate surface area is 272 Å². The van der Waals surface area contributed by atoms with E-state index in [1.807, 2.05) is 0 Å². The molecule has 1 atom stereocenters. The molecule has 0 radical (unpaired) electrons. The molecule has 0 bridgehead atoms. The summed E-state index contributed by atoms with van der Waals surface area (Å²) in [5.74, 6) is -1.99. The number of hydrogen-bond acceptors (Lipinski definition) is 4. The molecule has 0 aromatic rings. The maximum absolute atomic E-state index is 11.5. The van der Waals surface area contributed by atoms with Crippen LogP contribution in [0, 0.1) is 5.92 Å². The molecule has 0 saturated carbocycles. The summed E-state index contributed by atoms with van der Waals surface area (Å²) in [5, 5.41) is 21.9. The molecule has 1 unspecified atom stereocenters. The second-order valence-corrected chi connectivity index (χ2v) is 12.6. The molecule has 0 fully saturated rings. The minimum atomic E-state index is -0.921. The van der Waals surface area contributed by atoms with Crippen molar-refractivity contribution in [3.05, 3.63) is 0 Å². The zero-order valence-corrected chi connectivity index (χ0v) is 29.0. The van der Waals surface area contributed by atoms with Crippen LogP contribution in [0.25, 0.3) is 0 Å². The van der Waals surface area contributed by atoms with Crippen molar-refractivity contribution in [1.29, 1.82) is 0 Å². The molecule has 0 spiro atoms. The number of rotatable bonds is 34. The molecular weight excluding hydrogens is 521 g/mol. The maximum Gasteiger partial charge on any atom is 2.00 e. The van der Waals surface area contributed by atoms with Gasteiger partial charge in [0.15, 0.2) is 0 Å². The molecule has 0 saturated heterocycles. The number of aliphatic carboxylic acids is 2. The fourth-order valence-electron chi connectivity index (χ4n) is 5.92. The number of hydrogen-bond donors (Lipinski definition) is 0. The average molecular weight is 589 g/mol. The first kappa shape index (κ1) is 42.8. The number of unbranched alkanes of at least 4 members (excludes halogenated alkanes) is 27. The molecule has 4 nitrogen and oxygen atoms in total. The summed E-state index contributed by atoms with van der Waals surface area (Å²) in [6.45, 7) is 2.27. The van der Waals surface area contributed by atoms with Crippen LogP contribution in [0.2, 0.25) is 0 Å². The minimum Gasteiger partial charge on any atom is -0.550 e. The standard InChI is InChI=1S/C36H70O4.Mg/c1-2-3-4-5-6-7-8-9-13-16-19-22-25-28-31-34(36(39)40)32-29-26-23-20-17-14-11-10-12-15-18-21-24-27-30-33-35(37)38;/h34H,2-33H2,1H3,(H,37,38)(H,39,40);/q;+2/p-2. The fourth-order valence-corrected chi connectivity index (χ4v) is 5.92. The normalized spacial score (nSPS) is 11.8. The topological polar surface area (TPSA) is 80.3 Å². The molecular formula is C36H68MgO4. The third kappa shape index (κ3) is 35.8. The summed E-state index contributed by atoms with van der Waals surface area (Å²) in [6.07, 6.45) is 38.6. The fraction of sp³-hybridized carbons (Fsp3) is 0.944. The van der Waals surface area contributed by atoms with Crippen LogP contribution in [0.4, 0.5) is 0 Å². The van der Waals surface area contributed by atoms with E-state index in [-0.39, 0.29) is 35.4 Å². The average Bonchev–Trinajstić information content (AvgIpc) is 2.93.